The van der Waals surface area contributed by atoms with Crippen molar-refractivity contribution >= 4 is 91.1 Å². The van der Waals surface area contributed by atoms with E-state index in [4.69, 9.17) is 0 Å². The van der Waals surface area contributed by atoms with E-state index in [0.717, 1.165) is 0 Å². The van der Waals surface area contributed by atoms with E-state index in [1.165, 1.54) is 0 Å². The average molecular weight is 344 g/mol. The Labute approximate surface area is 149 Å². The van der Waals surface area contributed by atoms with Gasteiger partial charge in [0.05, 0.1) is 15.6 Å². The summed E-state index contributed by atoms with van der Waals surface area (Å²) in [6, 6.07) is 0. The normalized spacial score (nSPS) is 7.75. The van der Waals surface area contributed by atoms with E-state index >= 15 is 0 Å². The molecular formula is H10Ca2O12P2. The first kappa shape index (κ1) is 51.3. The monoisotopic (exact) mass is 344 g/mol. The third-order valence-electron chi connectivity index (χ3n) is 0.200. The minimum Gasteiger partial charge on any atom is -0.790 e. The quantitative estimate of drug-likeness (QED) is 0.343. The van der Waals surface area contributed by atoms with E-state index < -0.39 is 15.6 Å². The summed E-state index contributed by atoms with van der Waals surface area (Å²) in [5.74, 6) is 0. The predicted molar refractivity (Wildman–Crippen MR) is 45.9 cm³/mol. The number of hydrogen-bond donors (Lipinski definition) is 0. The van der Waals surface area contributed by atoms with Crippen LogP contribution in [0.4, 0.5) is 0 Å². The molecule has 0 aliphatic carbocycles. The van der Waals surface area contributed by atoms with E-state index in [-0.39, 0.29) is 103 Å². The van der Waals surface area contributed by atoms with Crippen molar-refractivity contribution < 1.29 is 60.4 Å². The SMILES string of the molecule is O.O.O.O.O.O=P([O-])([O-])OP(=O)([O-])[O-].[Ca+2].[Ca+2]. The Bertz CT molecular complexity index is 157. The van der Waals surface area contributed by atoms with Crippen molar-refractivity contribution in [3.05, 3.63) is 0 Å². The smallest absolute Gasteiger partial charge is 0.790 e. The fourth-order valence-electron chi connectivity index (χ4n) is 0.122. The summed E-state index contributed by atoms with van der Waals surface area (Å²) in [7, 11) is -11.4. The number of hydrogen-bond acceptors (Lipinski definition) is 7. The summed E-state index contributed by atoms with van der Waals surface area (Å²) in [4.78, 5) is 37.3. The first-order chi connectivity index (χ1) is 3.71. The van der Waals surface area contributed by atoms with Gasteiger partial charge in [0.2, 0.25) is 0 Å². The Hall–Kier alpha value is 2.58. The Morgan fingerprint density at radius 2 is 0.750 bits per heavy atom. The van der Waals surface area contributed by atoms with Gasteiger partial charge in [-0.15, -0.1) is 0 Å². The zero-order valence-corrected chi connectivity index (χ0v) is 13.9. The van der Waals surface area contributed by atoms with Gasteiger partial charge in [0.25, 0.3) is 0 Å². The standard InChI is InChI=1S/2Ca.H4O7P2.5H2O/c;;1-8(2,3)7-9(4,5)6;;;;;/h;;(H2,1,2,3)(H2,4,5,6);5*1H2/q2*+2;;;;;;/p-4. The van der Waals surface area contributed by atoms with Crippen molar-refractivity contribution in [1.29, 1.82) is 0 Å². The van der Waals surface area contributed by atoms with Gasteiger partial charge in [-0.05, 0) is 0 Å². The molecule has 0 aromatic rings. The Balaban J connectivity index is -0.0000000152. The van der Waals surface area contributed by atoms with Gasteiger partial charge in [-0.2, -0.15) is 0 Å². The van der Waals surface area contributed by atoms with Crippen LogP contribution < -0.4 is 19.6 Å². The molecule has 10 N–H and O–H groups in total. The van der Waals surface area contributed by atoms with Crippen LogP contribution in [0.2, 0.25) is 0 Å². The number of rotatable bonds is 2. The van der Waals surface area contributed by atoms with Gasteiger partial charge >= 0.3 is 75.5 Å². The van der Waals surface area contributed by atoms with E-state index in [2.05, 4.69) is 4.31 Å². The topological polar surface area (TPSA) is 293 Å². The van der Waals surface area contributed by atoms with Crippen LogP contribution in [-0.4, -0.2) is 103 Å². The molecule has 0 spiro atoms. The molecule has 0 saturated carbocycles. The summed E-state index contributed by atoms with van der Waals surface area (Å²) in [6.45, 7) is 0. The maximum absolute atomic E-state index is 9.32. The maximum atomic E-state index is 9.32. The summed E-state index contributed by atoms with van der Waals surface area (Å²) in [6.07, 6.45) is 0. The molecule has 0 heterocycles. The van der Waals surface area contributed by atoms with E-state index in [0.29, 0.717) is 0 Å². The van der Waals surface area contributed by atoms with Crippen molar-refractivity contribution in [2.24, 2.45) is 0 Å². The Kier molecular flexibility index (Phi) is 63.8. The molecule has 16 heteroatoms. The molecule has 0 bridgehead atoms. The van der Waals surface area contributed by atoms with Crippen molar-refractivity contribution in [2.75, 3.05) is 0 Å². The van der Waals surface area contributed by atoms with Gasteiger partial charge in [0, 0.05) is 0 Å². The van der Waals surface area contributed by atoms with Crippen molar-refractivity contribution in [1.82, 2.24) is 0 Å². The van der Waals surface area contributed by atoms with Crippen LogP contribution in [0.3, 0.4) is 0 Å². The summed E-state index contributed by atoms with van der Waals surface area (Å²) < 4.78 is 21.2. The fraction of sp³-hybridized carbons (Fsp3) is 0. The van der Waals surface area contributed by atoms with Crippen LogP contribution in [0.5, 0.6) is 0 Å². The zero-order valence-electron chi connectivity index (χ0n) is 7.67. The van der Waals surface area contributed by atoms with Crippen LogP contribution in [0.1, 0.15) is 0 Å². The molecule has 0 aliphatic rings. The van der Waals surface area contributed by atoms with E-state index in [1.807, 2.05) is 0 Å². The molecule has 0 aliphatic heterocycles. The van der Waals surface area contributed by atoms with Gasteiger partial charge in [0.1, 0.15) is 0 Å². The molecule has 0 unspecified atom stereocenters. The van der Waals surface area contributed by atoms with Crippen LogP contribution in [0, 0.1) is 0 Å². The van der Waals surface area contributed by atoms with Gasteiger partial charge in [-0.3, -0.25) is 0 Å². The molecule has 12 nitrogen and oxygen atoms in total. The van der Waals surface area contributed by atoms with E-state index in [9.17, 15) is 28.7 Å². The summed E-state index contributed by atoms with van der Waals surface area (Å²) >= 11 is 0. The van der Waals surface area contributed by atoms with Crippen molar-refractivity contribution in [3.8, 4) is 0 Å². The predicted octanol–water partition coefficient (Wildman–Crippen LogP) is -8.22. The molecule has 0 radical (unpaired) electrons. The van der Waals surface area contributed by atoms with Gasteiger partial charge in [-0.1, -0.05) is 0 Å². The molecule has 96 valence electrons. The first-order valence-corrected chi connectivity index (χ1v) is 4.38. The summed E-state index contributed by atoms with van der Waals surface area (Å²) in [5.41, 5.74) is 0. The van der Waals surface area contributed by atoms with Crippen molar-refractivity contribution in [2.45, 2.75) is 0 Å². The zero-order chi connectivity index (χ0) is 7.71. The molecule has 0 fully saturated rings. The second-order valence-electron chi connectivity index (χ2n) is 0.976. The molecule has 0 amide bonds. The minimum atomic E-state index is -5.68. The fourth-order valence-corrected chi connectivity index (χ4v) is 1.10. The minimum absolute atomic E-state index is 0. The van der Waals surface area contributed by atoms with Crippen LogP contribution in [-0.2, 0) is 13.4 Å². The third-order valence-corrected chi connectivity index (χ3v) is 1.80. The molecule has 0 atom stereocenters. The van der Waals surface area contributed by atoms with Crippen molar-refractivity contribution in [3.63, 3.8) is 0 Å². The molecule has 0 rings (SSSR count). The first-order valence-electron chi connectivity index (χ1n) is 1.46. The second kappa shape index (κ2) is 19.9. The number of phosphoric acid groups is 2. The van der Waals surface area contributed by atoms with Gasteiger partial charge in [0.15, 0.2) is 0 Å². The van der Waals surface area contributed by atoms with Gasteiger partial charge < -0.3 is 60.4 Å². The Morgan fingerprint density at radius 1 is 0.625 bits per heavy atom. The summed E-state index contributed by atoms with van der Waals surface area (Å²) in [5, 5.41) is 0. The largest absolute Gasteiger partial charge is 2.00 e. The van der Waals surface area contributed by atoms with Gasteiger partial charge in [-0.25, -0.2) is 0 Å². The molecule has 16 heavy (non-hydrogen) atoms. The van der Waals surface area contributed by atoms with Crippen LogP contribution >= 0.6 is 15.6 Å². The Morgan fingerprint density at radius 3 is 0.750 bits per heavy atom. The molecular weight excluding hydrogens is 334 g/mol. The molecule has 0 aromatic heterocycles. The average Bonchev–Trinajstić information content (AvgIpc) is 1.14. The molecule has 0 aromatic carbocycles. The van der Waals surface area contributed by atoms with Crippen LogP contribution in [0.15, 0.2) is 0 Å². The second-order valence-corrected chi connectivity index (χ2v) is 3.42. The molecule has 0 saturated heterocycles. The maximum Gasteiger partial charge on any atom is 2.00 e. The van der Waals surface area contributed by atoms with Crippen LogP contribution in [0.25, 0.3) is 0 Å². The third kappa shape index (κ3) is 54.7. The van der Waals surface area contributed by atoms with E-state index in [1.54, 1.807) is 0 Å².